The Morgan fingerprint density at radius 2 is 1.40 bits per heavy atom. The van der Waals surface area contributed by atoms with Gasteiger partial charge in [0.25, 0.3) is 11.1 Å². The number of ether oxygens (including phenoxy) is 7. The monoisotopic (exact) mass is 1380 g/mol. The number of amides is 2. The molecule has 2 saturated heterocycles. The summed E-state index contributed by atoms with van der Waals surface area (Å²) in [4.78, 5) is 92.8. The van der Waals surface area contributed by atoms with Crippen molar-refractivity contribution in [2.24, 2.45) is 0 Å². The number of para-hydroxylation sites is 1. The van der Waals surface area contributed by atoms with Crippen molar-refractivity contribution in [2.75, 3.05) is 65.4 Å². The van der Waals surface area contributed by atoms with Crippen LogP contribution in [0, 0.1) is 18.3 Å². The maximum atomic E-state index is 13.5. The molecule has 512 valence electrons. The number of aromatic nitrogens is 7. The summed E-state index contributed by atoms with van der Waals surface area (Å²) in [7, 11) is -1.59. The highest BCUT2D eigenvalue weighted by Gasteiger charge is 2.45. The minimum absolute atomic E-state index is 0.000661. The van der Waals surface area contributed by atoms with E-state index < -0.39 is 108 Å². The largest absolute Gasteiger partial charge is 0.497 e. The van der Waals surface area contributed by atoms with Crippen molar-refractivity contribution in [1.29, 1.82) is 5.26 Å². The number of benzene rings is 5. The zero-order valence-corrected chi connectivity index (χ0v) is 55.1. The lowest BCUT2D eigenvalue weighted by molar-refractivity contribution is -0.120. The molecule has 31 heteroatoms. The molecule has 0 saturated carbocycles. The first-order valence-electron chi connectivity index (χ1n) is 30.9. The van der Waals surface area contributed by atoms with E-state index in [0.29, 0.717) is 33.7 Å². The molecule has 0 bridgehead atoms. The van der Waals surface area contributed by atoms with Gasteiger partial charge in [0.15, 0.2) is 21.0 Å². The second-order valence-corrected chi connectivity index (χ2v) is 26.0. The number of anilines is 1. The lowest BCUT2D eigenvalue weighted by Gasteiger charge is -2.37. The minimum atomic E-state index is -3.79. The SMILES string of the molecule is COc1ccc(C(OC[C@H]2O[C@@H](n3cc(C)c(=O)[nH]c3=O)C[C@H]2OP(OCCC#N)OC[C@H]2O[C@@H](n3cnc4c(=O)[nH]c(NC(=O)CCNC(=O)Cc5cn(C(=O)OCCS(=O)(=O)c6ccc(OC)cc6)c6ccccc56)nc43)C[C@H]2O)(c2ccccc2)c2ccc(OC)cc2)cc1. The van der Waals surface area contributed by atoms with Gasteiger partial charge in [-0.3, -0.25) is 48.2 Å². The molecule has 98 heavy (non-hydrogen) atoms. The molecule has 2 aliphatic heterocycles. The average Bonchev–Trinajstić information content (AvgIpc) is 1.27. The van der Waals surface area contributed by atoms with E-state index in [9.17, 15) is 47.6 Å². The van der Waals surface area contributed by atoms with Crippen LogP contribution in [-0.2, 0) is 64.0 Å². The number of carbonyl (C=O) groups is 3. The molecule has 29 nitrogen and oxygen atoms in total. The fraction of sp³-hybridized carbons (Fsp3) is 0.328. The number of H-pyrrole nitrogens is 2. The molecule has 6 heterocycles. The van der Waals surface area contributed by atoms with Gasteiger partial charge in [-0.05, 0) is 83.8 Å². The molecule has 2 amide bonds. The second kappa shape index (κ2) is 31.1. The Labute approximate surface area is 561 Å². The third kappa shape index (κ3) is 15.7. The normalized spacial score (nSPS) is 18.1. The molecule has 4 aromatic heterocycles. The Kier molecular flexibility index (Phi) is 22.0. The Hall–Kier alpha value is -9.93. The standard InChI is InChI=1S/C67H69N10O19PS/c1-41-36-76(65(83)74-62(41)81)59-35-53(55(95-59)38-91-67(43-11-6-5-7-12-43,44-15-19-46(87-2)20-16-44)45-17-21-47(88-3)22-18-45)96-97(92-30-10-28-68)93-39-54-52(78)34-58(94-54)77-40-70-60-61(77)72-64(73-63(60)82)71-56(79)27-29-69-57(80)33-42-37-75(51-14-9-8-13-50(42)51)66(84)90-31-32-98(85,86)49-25-23-48(89-4)24-26-49/h5-9,11-26,36-37,40,52-55,58-59,78H,10,27,29-35,38-39H2,1-4H3,(H,69,80)(H,74,81,83)(H2,71,72,73,79,82)/t52-,53-,54-,55-,58-,59-,97?/m1/s1. The zero-order chi connectivity index (χ0) is 69.1. The molecule has 9 aromatic rings. The van der Waals surface area contributed by atoms with Gasteiger partial charge in [-0.25, -0.2) is 23.0 Å². The van der Waals surface area contributed by atoms with Crippen molar-refractivity contribution in [3.05, 3.63) is 205 Å². The molecule has 5 aromatic carbocycles. The molecule has 1 unspecified atom stereocenters. The van der Waals surface area contributed by atoms with Crippen molar-refractivity contribution in [1.82, 2.24) is 39.0 Å². The van der Waals surface area contributed by atoms with Gasteiger partial charge in [-0.2, -0.15) is 10.2 Å². The van der Waals surface area contributed by atoms with Gasteiger partial charge in [-0.15, -0.1) is 0 Å². The van der Waals surface area contributed by atoms with E-state index >= 15 is 0 Å². The summed E-state index contributed by atoms with van der Waals surface area (Å²) in [5.74, 6) is -0.134. The number of hydrogen-bond acceptors (Lipinski definition) is 22. The van der Waals surface area contributed by atoms with Crippen LogP contribution in [-0.4, -0.2) is 150 Å². The number of aromatic amines is 2. The number of aliphatic hydroxyl groups is 1. The zero-order valence-electron chi connectivity index (χ0n) is 53.4. The Morgan fingerprint density at radius 1 is 0.755 bits per heavy atom. The average molecular weight is 1380 g/mol. The third-order valence-corrected chi connectivity index (χ3v) is 19.4. The summed E-state index contributed by atoms with van der Waals surface area (Å²) in [5, 5.41) is 26.9. The van der Waals surface area contributed by atoms with E-state index in [1.165, 1.54) is 63.8 Å². The first-order valence-corrected chi connectivity index (χ1v) is 33.7. The second-order valence-electron chi connectivity index (χ2n) is 22.7. The van der Waals surface area contributed by atoms with Gasteiger partial charge in [0.05, 0.1) is 94.8 Å². The predicted molar refractivity (Wildman–Crippen MR) is 353 cm³/mol. The highest BCUT2D eigenvalue weighted by Crippen LogP contribution is 2.48. The molecular formula is C67H69N10O19PS. The Bertz CT molecular complexity index is 4610. The molecule has 11 rings (SSSR count). The van der Waals surface area contributed by atoms with E-state index in [4.69, 9.17) is 46.7 Å². The number of nitrogens with one attached hydrogen (secondary N) is 4. The van der Waals surface area contributed by atoms with Crippen molar-refractivity contribution in [3.8, 4) is 23.3 Å². The van der Waals surface area contributed by atoms with Crippen molar-refractivity contribution < 1.29 is 74.6 Å². The van der Waals surface area contributed by atoms with Gasteiger partial charge in [0, 0.05) is 49.2 Å². The number of aliphatic hydroxyl groups excluding tert-OH is 1. The van der Waals surface area contributed by atoms with Crippen molar-refractivity contribution in [2.45, 2.75) is 86.4 Å². The highest BCUT2D eigenvalue weighted by molar-refractivity contribution is 7.91. The fourth-order valence-corrected chi connectivity index (χ4v) is 13.7. The summed E-state index contributed by atoms with van der Waals surface area (Å²) >= 11 is 0. The number of nitrogens with zero attached hydrogens (tertiary/aromatic N) is 6. The van der Waals surface area contributed by atoms with Gasteiger partial charge in [0.2, 0.25) is 17.8 Å². The summed E-state index contributed by atoms with van der Waals surface area (Å²) in [6.07, 6.45) is -3.34. The number of sulfone groups is 1. The molecular weight excluding hydrogens is 1310 g/mol. The number of fused-ring (bicyclic) bond motifs is 2. The van der Waals surface area contributed by atoms with Crippen LogP contribution >= 0.6 is 8.60 Å². The molecule has 2 fully saturated rings. The fourth-order valence-electron chi connectivity index (χ4n) is 11.5. The summed E-state index contributed by atoms with van der Waals surface area (Å²) < 4.78 is 90.6. The smallest absolute Gasteiger partial charge is 0.418 e. The lowest BCUT2D eigenvalue weighted by atomic mass is 9.80. The summed E-state index contributed by atoms with van der Waals surface area (Å²) in [6, 6.07) is 39.1. The van der Waals surface area contributed by atoms with Gasteiger partial charge in [-0.1, -0.05) is 72.8 Å². The van der Waals surface area contributed by atoms with Gasteiger partial charge < -0.3 is 57.2 Å². The summed E-state index contributed by atoms with van der Waals surface area (Å²) in [5.41, 5.74) is -0.0838. The van der Waals surface area contributed by atoms with Crippen LogP contribution in [0.1, 0.15) is 66.0 Å². The van der Waals surface area contributed by atoms with Crippen LogP contribution in [0.5, 0.6) is 17.2 Å². The van der Waals surface area contributed by atoms with E-state index in [2.05, 4.69) is 30.6 Å². The van der Waals surface area contributed by atoms with Crippen LogP contribution in [0.25, 0.3) is 22.1 Å². The first kappa shape index (κ1) is 69.4. The predicted octanol–water partition coefficient (Wildman–Crippen LogP) is 6.61. The van der Waals surface area contributed by atoms with E-state index in [1.807, 2.05) is 84.9 Å². The lowest BCUT2D eigenvalue weighted by Crippen LogP contribution is -2.38. The molecule has 5 N–H and O–H groups in total. The van der Waals surface area contributed by atoms with Crippen LogP contribution in [0.3, 0.4) is 0 Å². The van der Waals surface area contributed by atoms with Gasteiger partial charge in [0.1, 0.15) is 54.1 Å². The topological polar surface area (TPSA) is 369 Å². The van der Waals surface area contributed by atoms with Crippen LogP contribution in [0.2, 0.25) is 0 Å². The summed E-state index contributed by atoms with van der Waals surface area (Å²) in [6.45, 7) is 0.358. The van der Waals surface area contributed by atoms with Crippen molar-refractivity contribution in [3.63, 3.8) is 0 Å². The highest BCUT2D eigenvalue weighted by atomic mass is 32.2. The van der Waals surface area contributed by atoms with Crippen LogP contribution in [0.4, 0.5) is 10.7 Å². The number of imidazole rings is 1. The first-order chi connectivity index (χ1) is 47.4. The number of nitriles is 1. The molecule has 0 radical (unpaired) electrons. The molecule has 7 atom stereocenters. The third-order valence-electron chi connectivity index (χ3n) is 16.5. The quantitative estimate of drug-likeness (QED) is 0.0187. The maximum absolute atomic E-state index is 13.5. The minimum Gasteiger partial charge on any atom is -0.497 e. The Balaban J connectivity index is 0.738. The molecule has 2 aliphatic rings. The van der Waals surface area contributed by atoms with Crippen LogP contribution < -0.4 is 41.7 Å². The van der Waals surface area contributed by atoms with Gasteiger partial charge >= 0.3 is 20.4 Å². The number of carbonyl (C=O) groups excluding carboxylic acids is 3. The number of methoxy groups -OCH3 is 3. The van der Waals surface area contributed by atoms with Crippen LogP contribution in [0.15, 0.2) is 165 Å². The Morgan fingerprint density at radius 3 is 2.08 bits per heavy atom. The number of rotatable bonds is 29. The maximum Gasteiger partial charge on any atom is 0.418 e. The van der Waals surface area contributed by atoms with E-state index in [-0.39, 0.29) is 86.0 Å². The number of aryl methyl sites for hydroxylation is 1. The molecule has 0 aliphatic carbocycles. The van der Waals surface area contributed by atoms with Crippen molar-refractivity contribution >= 4 is 64.4 Å². The van der Waals surface area contributed by atoms with E-state index in [0.717, 1.165) is 16.7 Å². The molecule has 0 spiro atoms. The van der Waals surface area contributed by atoms with E-state index in [1.54, 1.807) is 45.4 Å². The number of hydrogen-bond donors (Lipinski definition) is 5.